The van der Waals surface area contributed by atoms with E-state index < -0.39 is 0 Å². The van der Waals surface area contributed by atoms with Gasteiger partial charge in [0.1, 0.15) is 5.69 Å². The summed E-state index contributed by atoms with van der Waals surface area (Å²) >= 11 is 0. The second-order valence-electron chi connectivity index (χ2n) is 5.94. The zero-order chi connectivity index (χ0) is 14.6. The predicted octanol–water partition coefficient (Wildman–Crippen LogP) is 2.84. The molecular formula is C15H27N3O. The Morgan fingerprint density at radius 3 is 2.21 bits per heavy atom. The number of nitrogens with zero attached hydrogens (tertiary/aromatic N) is 2. The maximum Gasteiger partial charge on any atom is 0.270 e. The minimum atomic E-state index is 0.0842. The highest BCUT2D eigenvalue weighted by Crippen LogP contribution is 2.15. The summed E-state index contributed by atoms with van der Waals surface area (Å²) in [5.74, 6) is 1.01. The molecule has 0 aliphatic carbocycles. The van der Waals surface area contributed by atoms with E-state index in [0.717, 1.165) is 19.6 Å². The van der Waals surface area contributed by atoms with Gasteiger partial charge in [0.15, 0.2) is 0 Å². The normalized spacial score (nSPS) is 11.3. The Labute approximate surface area is 116 Å². The molecule has 4 heteroatoms. The molecule has 0 unspecified atom stereocenters. The van der Waals surface area contributed by atoms with Crippen molar-refractivity contribution in [1.82, 2.24) is 9.47 Å². The number of anilines is 1. The molecule has 0 saturated carbocycles. The molecule has 0 fully saturated rings. The molecule has 1 aromatic rings. The van der Waals surface area contributed by atoms with Crippen LogP contribution in [0.25, 0.3) is 0 Å². The van der Waals surface area contributed by atoms with Gasteiger partial charge in [-0.2, -0.15) is 0 Å². The molecular weight excluding hydrogens is 238 g/mol. The van der Waals surface area contributed by atoms with E-state index in [2.05, 4.69) is 27.7 Å². The Morgan fingerprint density at radius 1 is 1.26 bits per heavy atom. The lowest BCUT2D eigenvalue weighted by Crippen LogP contribution is -2.38. The van der Waals surface area contributed by atoms with Gasteiger partial charge in [-0.05, 0) is 24.8 Å². The number of nitrogen functional groups attached to an aromatic ring is 1. The van der Waals surface area contributed by atoms with Crippen molar-refractivity contribution in [2.24, 2.45) is 11.8 Å². The van der Waals surface area contributed by atoms with Crippen LogP contribution in [-0.2, 0) is 6.54 Å². The minimum absolute atomic E-state index is 0.0842. The van der Waals surface area contributed by atoms with Crippen molar-refractivity contribution in [3.8, 4) is 0 Å². The molecule has 0 aliphatic rings. The van der Waals surface area contributed by atoms with Gasteiger partial charge in [0.05, 0.1) is 5.69 Å². The van der Waals surface area contributed by atoms with Crippen molar-refractivity contribution in [2.45, 2.75) is 41.2 Å². The second kappa shape index (κ2) is 6.64. The zero-order valence-electron chi connectivity index (χ0n) is 12.8. The molecule has 0 radical (unpaired) electrons. The molecule has 1 aromatic heterocycles. The monoisotopic (exact) mass is 265 g/mol. The van der Waals surface area contributed by atoms with Gasteiger partial charge < -0.3 is 15.2 Å². The largest absolute Gasteiger partial charge is 0.397 e. The highest BCUT2D eigenvalue weighted by molar-refractivity contribution is 5.93. The van der Waals surface area contributed by atoms with Crippen molar-refractivity contribution in [3.63, 3.8) is 0 Å². The first-order chi connectivity index (χ1) is 8.85. The number of carbonyl (C=O) groups is 1. The number of rotatable bonds is 6. The van der Waals surface area contributed by atoms with Crippen molar-refractivity contribution in [2.75, 3.05) is 18.8 Å². The average molecular weight is 265 g/mol. The smallest absolute Gasteiger partial charge is 0.270 e. The first kappa shape index (κ1) is 15.6. The molecule has 0 saturated heterocycles. The van der Waals surface area contributed by atoms with E-state index in [9.17, 15) is 4.79 Å². The third kappa shape index (κ3) is 4.30. The van der Waals surface area contributed by atoms with Crippen molar-refractivity contribution in [1.29, 1.82) is 0 Å². The number of hydrogen-bond donors (Lipinski definition) is 1. The van der Waals surface area contributed by atoms with Crippen molar-refractivity contribution >= 4 is 11.6 Å². The van der Waals surface area contributed by atoms with Crippen LogP contribution in [0.3, 0.4) is 0 Å². The SMILES string of the molecule is CCn1cc(N)cc1C(=O)N(CC(C)C)CC(C)C. The summed E-state index contributed by atoms with van der Waals surface area (Å²) in [6.07, 6.45) is 1.83. The molecule has 1 rings (SSSR count). The van der Waals surface area contributed by atoms with Gasteiger partial charge in [-0.15, -0.1) is 0 Å². The van der Waals surface area contributed by atoms with Gasteiger partial charge >= 0.3 is 0 Å². The number of hydrogen-bond acceptors (Lipinski definition) is 2. The molecule has 0 spiro atoms. The lowest BCUT2D eigenvalue weighted by atomic mass is 10.1. The average Bonchev–Trinajstić information content (AvgIpc) is 2.67. The fourth-order valence-electron chi connectivity index (χ4n) is 2.26. The van der Waals surface area contributed by atoms with Crippen LogP contribution in [0.4, 0.5) is 5.69 Å². The Morgan fingerprint density at radius 2 is 1.79 bits per heavy atom. The zero-order valence-corrected chi connectivity index (χ0v) is 12.8. The summed E-state index contributed by atoms with van der Waals surface area (Å²) in [5, 5.41) is 0. The quantitative estimate of drug-likeness (QED) is 0.860. The second-order valence-corrected chi connectivity index (χ2v) is 5.94. The summed E-state index contributed by atoms with van der Waals surface area (Å²) in [7, 11) is 0. The van der Waals surface area contributed by atoms with E-state index >= 15 is 0 Å². The number of aryl methyl sites for hydroxylation is 1. The molecule has 1 heterocycles. The third-order valence-electron chi connectivity index (χ3n) is 2.94. The van der Waals surface area contributed by atoms with Crippen LogP contribution in [0.5, 0.6) is 0 Å². The standard InChI is InChI=1S/C15H27N3O/c1-6-17-10-13(16)7-14(17)15(19)18(8-11(2)3)9-12(4)5/h7,10-12H,6,8-9,16H2,1-5H3. The highest BCUT2D eigenvalue weighted by atomic mass is 16.2. The predicted molar refractivity (Wildman–Crippen MR) is 80.1 cm³/mol. The van der Waals surface area contributed by atoms with Crippen LogP contribution in [0.15, 0.2) is 12.3 Å². The van der Waals surface area contributed by atoms with Crippen LogP contribution in [-0.4, -0.2) is 28.5 Å². The summed E-state index contributed by atoms with van der Waals surface area (Å²) < 4.78 is 1.92. The molecule has 0 aliphatic heterocycles. The van der Waals surface area contributed by atoms with E-state index in [4.69, 9.17) is 5.73 Å². The lowest BCUT2D eigenvalue weighted by Gasteiger charge is -2.26. The lowest BCUT2D eigenvalue weighted by molar-refractivity contribution is 0.0704. The first-order valence-electron chi connectivity index (χ1n) is 7.10. The fraction of sp³-hybridized carbons (Fsp3) is 0.667. The number of carbonyl (C=O) groups excluding carboxylic acids is 1. The maximum absolute atomic E-state index is 12.7. The summed E-state index contributed by atoms with van der Waals surface area (Å²) in [6.45, 7) is 12.9. The van der Waals surface area contributed by atoms with Crippen molar-refractivity contribution in [3.05, 3.63) is 18.0 Å². The molecule has 0 aromatic carbocycles. The number of nitrogens with two attached hydrogens (primary N) is 1. The number of aromatic nitrogens is 1. The third-order valence-corrected chi connectivity index (χ3v) is 2.94. The van der Waals surface area contributed by atoms with Crippen LogP contribution >= 0.6 is 0 Å². The van der Waals surface area contributed by atoms with E-state index in [1.807, 2.05) is 22.6 Å². The summed E-state index contributed by atoms with van der Waals surface area (Å²) in [4.78, 5) is 14.6. The fourth-order valence-corrected chi connectivity index (χ4v) is 2.26. The van der Waals surface area contributed by atoms with E-state index in [1.54, 1.807) is 6.07 Å². The maximum atomic E-state index is 12.7. The molecule has 1 amide bonds. The van der Waals surface area contributed by atoms with Gasteiger partial charge in [0, 0.05) is 25.8 Å². The topological polar surface area (TPSA) is 51.3 Å². The Bertz CT molecular complexity index is 411. The van der Waals surface area contributed by atoms with Gasteiger partial charge in [0.2, 0.25) is 0 Å². The summed E-state index contributed by atoms with van der Waals surface area (Å²) in [5.41, 5.74) is 7.15. The Kier molecular flexibility index (Phi) is 5.45. The molecule has 19 heavy (non-hydrogen) atoms. The van der Waals surface area contributed by atoms with E-state index in [-0.39, 0.29) is 5.91 Å². The molecule has 0 atom stereocenters. The van der Waals surface area contributed by atoms with Crippen LogP contribution in [0.1, 0.15) is 45.1 Å². The molecule has 2 N–H and O–H groups in total. The van der Waals surface area contributed by atoms with Crippen LogP contribution in [0, 0.1) is 11.8 Å². The van der Waals surface area contributed by atoms with Gasteiger partial charge in [-0.25, -0.2) is 0 Å². The number of amides is 1. The molecule has 4 nitrogen and oxygen atoms in total. The van der Waals surface area contributed by atoms with Crippen molar-refractivity contribution < 1.29 is 4.79 Å². The van der Waals surface area contributed by atoms with Gasteiger partial charge in [0.25, 0.3) is 5.91 Å². The van der Waals surface area contributed by atoms with Crippen LogP contribution < -0.4 is 5.73 Å². The van der Waals surface area contributed by atoms with E-state index in [0.29, 0.717) is 23.2 Å². The molecule has 0 bridgehead atoms. The van der Waals surface area contributed by atoms with Gasteiger partial charge in [-0.1, -0.05) is 27.7 Å². The van der Waals surface area contributed by atoms with E-state index in [1.165, 1.54) is 0 Å². The first-order valence-corrected chi connectivity index (χ1v) is 7.10. The summed E-state index contributed by atoms with van der Waals surface area (Å²) in [6, 6.07) is 1.78. The highest BCUT2D eigenvalue weighted by Gasteiger charge is 2.21. The minimum Gasteiger partial charge on any atom is -0.397 e. The Hall–Kier alpha value is -1.45. The molecule has 108 valence electrons. The Balaban J connectivity index is 2.97. The van der Waals surface area contributed by atoms with Crippen LogP contribution in [0.2, 0.25) is 0 Å². The van der Waals surface area contributed by atoms with Gasteiger partial charge in [-0.3, -0.25) is 4.79 Å².